The van der Waals surface area contributed by atoms with Crippen LogP contribution in [0.25, 0.3) is 0 Å². The second-order valence-electron chi connectivity index (χ2n) is 2.37. The first-order valence-electron chi connectivity index (χ1n) is 3.06. The van der Waals surface area contributed by atoms with Gasteiger partial charge in [0.05, 0.1) is 17.3 Å². The Hall–Kier alpha value is -0.500. The van der Waals surface area contributed by atoms with Gasteiger partial charge in [-0.3, -0.25) is 4.68 Å². The van der Waals surface area contributed by atoms with Crippen LogP contribution in [0, 0.1) is 0 Å². The van der Waals surface area contributed by atoms with Gasteiger partial charge in [-0.25, -0.2) is 0 Å². The van der Waals surface area contributed by atoms with Crippen molar-refractivity contribution in [1.29, 1.82) is 0 Å². The van der Waals surface area contributed by atoms with Crippen molar-refractivity contribution in [3.8, 4) is 0 Å². The number of hydrogen-bond acceptors (Lipinski definition) is 1. The molecule has 2 nitrogen and oxygen atoms in total. The van der Waals surface area contributed by atoms with Gasteiger partial charge in [-0.1, -0.05) is 11.6 Å². The maximum Gasteiger partial charge on any atom is 0.0785 e. The smallest absolute Gasteiger partial charge is 0.0785 e. The number of hydrogen-bond donors (Lipinski definition) is 0. The van der Waals surface area contributed by atoms with Gasteiger partial charge in [-0.2, -0.15) is 5.10 Å². The summed E-state index contributed by atoms with van der Waals surface area (Å²) in [5.74, 6) is 0. The monoisotopic (exact) mass is 142 g/mol. The van der Waals surface area contributed by atoms with E-state index in [9.17, 15) is 0 Å². The molecule has 9 heavy (non-hydrogen) atoms. The maximum atomic E-state index is 5.65. The van der Waals surface area contributed by atoms with E-state index in [1.165, 1.54) is 12.8 Å². The lowest BCUT2D eigenvalue weighted by molar-refractivity contribution is 0.641. The predicted molar refractivity (Wildman–Crippen MR) is 35.5 cm³/mol. The van der Waals surface area contributed by atoms with Crippen LogP contribution in [-0.4, -0.2) is 9.78 Å². The Labute approximate surface area is 58.4 Å². The summed E-state index contributed by atoms with van der Waals surface area (Å²) in [6.45, 7) is 0. The quantitative estimate of drug-likeness (QED) is 0.586. The van der Waals surface area contributed by atoms with E-state index in [4.69, 9.17) is 11.6 Å². The minimum absolute atomic E-state index is 0.650. The molecule has 0 bridgehead atoms. The van der Waals surface area contributed by atoms with Crippen LogP contribution >= 0.6 is 11.6 Å². The molecule has 0 aromatic carbocycles. The third-order valence-corrected chi connectivity index (χ3v) is 1.69. The Bertz CT molecular complexity index is 215. The van der Waals surface area contributed by atoms with Crippen LogP contribution in [0.2, 0.25) is 5.02 Å². The molecular weight excluding hydrogens is 136 g/mol. The summed E-state index contributed by atoms with van der Waals surface area (Å²) in [4.78, 5) is 0. The first kappa shape index (κ1) is 5.30. The van der Waals surface area contributed by atoms with Gasteiger partial charge in [-0.15, -0.1) is 0 Å². The fourth-order valence-electron chi connectivity index (χ4n) is 0.854. The van der Waals surface area contributed by atoms with Gasteiger partial charge in [0.25, 0.3) is 0 Å². The van der Waals surface area contributed by atoms with Crippen LogP contribution in [0.3, 0.4) is 0 Å². The zero-order chi connectivity index (χ0) is 6.27. The van der Waals surface area contributed by atoms with Crippen molar-refractivity contribution in [2.75, 3.05) is 0 Å². The summed E-state index contributed by atoms with van der Waals surface area (Å²) >= 11 is 5.65. The van der Waals surface area contributed by atoms with E-state index in [1.807, 2.05) is 10.9 Å². The summed E-state index contributed by atoms with van der Waals surface area (Å²) in [5, 5.41) is 4.80. The van der Waals surface area contributed by atoms with E-state index in [1.54, 1.807) is 6.20 Å². The summed E-state index contributed by atoms with van der Waals surface area (Å²) in [6, 6.07) is 0.650. The highest BCUT2D eigenvalue weighted by atomic mass is 35.5. The highest BCUT2D eigenvalue weighted by molar-refractivity contribution is 6.30. The Balaban J connectivity index is 2.28. The third-order valence-electron chi connectivity index (χ3n) is 1.49. The van der Waals surface area contributed by atoms with E-state index in [0.29, 0.717) is 6.04 Å². The van der Waals surface area contributed by atoms with Crippen LogP contribution in [0.1, 0.15) is 18.9 Å². The Morgan fingerprint density at radius 3 is 2.89 bits per heavy atom. The molecule has 1 fully saturated rings. The molecule has 48 valence electrons. The first-order valence-corrected chi connectivity index (χ1v) is 3.44. The van der Waals surface area contributed by atoms with Gasteiger partial charge < -0.3 is 0 Å². The van der Waals surface area contributed by atoms with Gasteiger partial charge in [0.1, 0.15) is 0 Å². The lowest BCUT2D eigenvalue weighted by Crippen LogP contribution is -1.91. The van der Waals surface area contributed by atoms with E-state index in [2.05, 4.69) is 5.10 Å². The van der Waals surface area contributed by atoms with Crippen molar-refractivity contribution in [3.05, 3.63) is 17.4 Å². The van der Waals surface area contributed by atoms with E-state index in [-0.39, 0.29) is 0 Å². The maximum absolute atomic E-state index is 5.65. The van der Waals surface area contributed by atoms with Crippen LogP contribution in [0.15, 0.2) is 12.4 Å². The zero-order valence-electron chi connectivity index (χ0n) is 4.92. The average Bonchev–Trinajstić information content (AvgIpc) is 2.58. The molecule has 1 aromatic heterocycles. The molecule has 0 radical (unpaired) electrons. The molecule has 0 saturated heterocycles. The molecule has 1 aliphatic rings. The highest BCUT2D eigenvalue weighted by Gasteiger charge is 2.23. The van der Waals surface area contributed by atoms with Gasteiger partial charge in [0.2, 0.25) is 0 Å². The van der Waals surface area contributed by atoms with Crippen LogP contribution in [0.4, 0.5) is 0 Å². The number of aromatic nitrogens is 2. The van der Waals surface area contributed by atoms with Crippen LogP contribution in [-0.2, 0) is 0 Å². The lowest BCUT2D eigenvalue weighted by Gasteiger charge is -1.91. The molecule has 0 spiro atoms. The second-order valence-corrected chi connectivity index (χ2v) is 2.81. The fraction of sp³-hybridized carbons (Fsp3) is 0.500. The third kappa shape index (κ3) is 0.944. The Morgan fingerprint density at radius 1 is 1.67 bits per heavy atom. The summed E-state index contributed by atoms with van der Waals surface area (Å²) < 4.78 is 1.93. The van der Waals surface area contributed by atoms with Crippen LogP contribution < -0.4 is 0 Å². The van der Waals surface area contributed by atoms with Gasteiger partial charge >= 0.3 is 0 Å². The molecule has 2 rings (SSSR count). The van der Waals surface area contributed by atoms with Gasteiger partial charge in [0, 0.05) is 6.20 Å². The summed E-state index contributed by atoms with van der Waals surface area (Å²) in [6.07, 6.45) is 6.08. The molecule has 1 heterocycles. The molecule has 1 aromatic rings. The van der Waals surface area contributed by atoms with E-state index >= 15 is 0 Å². The number of rotatable bonds is 1. The number of halogens is 1. The van der Waals surface area contributed by atoms with Crippen molar-refractivity contribution < 1.29 is 0 Å². The summed E-state index contributed by atoms with van der Waals surface area (Å²) in [7, 11) is 0. The van der Waals surface area contributed by atoms with Crippen LogP contribution in [0.5, 0.6) is 0 Å². The van der Waals surface area contributed by atoms with Crippen molar-refractivity contribution in [1.82, 2.24) is 9.78 Å². The molecule has 0 N–H and O–H groups in total. The lowest BCUT2D eigenvalue weighted by atomic mass is 10.7. The predicted octanol–water partition coefficient (Wildman–Crippen LogP) is 1.87. The van der Waals surface area contributed by atoms with Crippen molar-refractivity contribution >= 4 is 11.6 Å². The molecular formula is C6H7ClN2. The average molecular weight is 143 g/mol. The standard InChI is InChI=1S/C6H7ClN2/c7-5-3-8-9(4-5)6-1-2-6/h3-4,6H,1-2H2. The molecule has 3 heteroatoms. The van der Waals surface area contributed by atoms with E-state index < -0.39 is 0 Å². The normalized spacial score (nSPS) is 18.3. The molecule has 0 aliphatic heterocycles. The Kier molecular flexibility index (Phi) is 1.02. The molecule has 0 amide bonds. The summed E-state index contributed by atoms with van der Waals surface area (Å²) in [5.41, 5.74) is 0. The largest absolute Gasteiger partial charge is 0.268 e. The minimum atomic E-state index is 0.650. The first-order chi connectivity index (χ1) is 4.36. The molecule has 1 saturated carbocycles. The fourth-order valence-corrected chi connectivity index (χ4v) is 0.997. The zero-order valence-corrected chi connectivity index (χ0v) is 5.67. The van der Waals surface area contributed by atoms with Crippen molar-refractivity contribution in [3.63, 3.8) is 0 Å². The van der Waals surface area contributed by atoms with Crippen molar-refractivity contribution in [2.24, 2.45) is 0 Å². The molecule has 0 unspecified atom stereocenters. The second kappa shape index (κ2) is 1.74. The van der Waals surface area contributed by atoms with Gasteiger partial charge in [0.15, 0.2) is 0 Å². The Morgan fingerprint density at radius 2 is 2.44 bits per heavy atom. The van der Waals surface area contributed by atoms with Crippen molar-refractivity contribution in [2.45, 2.75) is 18.9 Å². The highest BCUT2D eigenvalue weighted by Crippen LogP contribution is 2.34. The molecule has 1 aliphatic carbocycles. The number of nitrogens with zero attached hydrogens (tertiary/aromatic N) is 2. The minimum Gasteiger partial charge on any atom is -0.268 e. The topological polar surface area (TPSA) is 17.8 Å². The SMILES string of the molecule is Clc1cnn(C2CC2)c1. The van der Waals surface area contributed by atoms with Gasteiger partial charge in [-0.05, 0) is 12.8 Å². The molecule has 0 atom stereocenters. The van der Waals surface area contributed by atoms with E-state index in [0.717, 1.165) is 5.02 Å².